The van der Waals surface area contributed by atoms with Gasteiger partial charge < -0.3 is 19.5 Å². The Kier molecular flexibility index (Phi) is 4.42. The molecule has 0 aromatic carbocycles. The van der Waals surface area contributed by atoms with E-state index in [1.165, 1.54) is 25.7 Å². The summed E-state index contributed by atoms with van der Waals surface area (Å²) in [6.07, 6.45) is 8.86. The van der Waals surface area contributed by atoms with Gasteiger partial charge in [0.15, 0.2) is 0 Å². The van der Waals surface area contributed by atoms with Crippen molar-refractivity contribution >= 4 is 0 Å². The van der Waals surface area contributed by atoms with E-state index >= 15 is 0 Å². The van der Waals surface area contributed by atoms with Crippen molar-refractivity contribution in [3.63, 3.8) is 0 Å². The Morgan fingerprint density at radius 2 is 1.89 bits per heavy atom. The molecule has 110 valence electrons. The second-order valence-electron chi connectivity index (χ2n) is 6.35. The highest BCUT2D eigenvalue weighted by atomic mass is 16.6. The molecule has 3 aliphatic rings. The number of rotatable bonds is 3. The Balaban J connectivity index is 1.47. The molecular formula is C15H27NO3. The van der Waals surface area contributed by atoms with Crippen LogP contribution in [-0.4, -0.2) is 50.7 Å². The van der Waals surface area contributed by atoms with E-state index in [0.29, 0.717) is 18.2 Å². The van der Waals surface area contributed by atoms with Gasteiger partial charge in [0.25, 0.3) is 0 Å². The third-order valence-corrected chi connectivity index (χ3v) is 4.98. The minimum absolute atomic E-state index is 0.0227. The molecule has 0 aromatic rings. The van der Waals surface area contributed by atoms with Gasteiger partial charge in [-0.15, -0.1) is 0 Å². The van der Waals surface area contributed by atoms with E-state index in [-0.39, 0.29) is 5.60 Å². The van der Waals surface area contributed by atoms with Gasteiger partial charge >= 0.3 is 0 Å². The molecule has 2 aliphatic heterocycles. The molecule has 2 unspecified atom stereocenters. The van der Waals surface area contributed by atoms with Crippen LogP contribution in [0.2, 0.25) is 0 Å². The highest BCUT2D eigenvalue weighted by molar-refractivity contribution is 4.91. The first kappa shape index (κ1) is 13.8. The van der Waals surface area contributed by atoms with E-state index in [9.17, 15) is 0 Å². The quantitative estimate of drug-likeness (QED) is 0.849. The fourth-order valence-corrected chi connectivity index (χ4v) is 3.72. The predicted octanol–water partition coefficient (Wildman–Crippen LogP) is 1.87. The molecule has 0 aromatic heterocycles. The summed E-state index contributed by atoms with van der Waals surface area (Å²) in [5, 5.41) is 3.38. The fraction of sp³-hybridized carbons (Fsp3) is 1.00. The zero-order chi connectivity index (χ0) is 13.1. The van der Waals surface area contributed by atoms with Crippen molar-refractivity contribution in [3.05, 3.63) is 0 Å². The number of ether oxygens (including phenoxy) is 3. The zero-order valence-corrected chi connectivity index (χ0v) is 12.0. The van der Waals surface area contributed by atoms with Crippen LogP contribution < -0.4 is 5.32 Å². The van der Waals surface area contributed by atoms with Crippen LogP contribution in [0.1, 0.15) is 44.9 Å². The lowest BCUT2D eigenvalue weighted by atomic mass is 9.89. The largest absolute Gasteiger partial charge is 0.378 e. The second kappa shape index (κ2) is 6.08. The van der Waals surface area contributed by atoms with Crippen molar-refractivity contribution in [1.82, 2.24) is 5.32 Å². The van der Waals surface area contributed by atoms with Crippen LogP contribution in [0.15, 0.2) is 0 Å². The SMILES string of the molecule is CNC1CCC(OC2CCOC3(CCOC3)C2)CC1. The molecule has 0 bridgehead atoms. The molecular weight excluding hydrogens is 242 g/mol. The molecule has 2 saturated heterocycles. The summed E-state index contributed by atoms with van der Waals surface area (Å²) in [7, 11) is 2.06. The minimum atomic E-state index is -0.0227. The van der Waals surface area contributed by atoms with Gasteiger partial charge in [-0.1, -0.05) is 0 Å². The molecule has 4 nitrogen and oxygen atoms in total. The number of hydrogen-bond acceptors (Lipinski definition) is 4. The van der Waals surface area contributed by atoms with Crippen LogP contribution in [0, 0.1) is 0 Å². The van der Waals surface area contributed by atoms with Crippen LogP contribution in [0.3, 0.4) is 0 Å². The number of nitrogens with one attached hydrogen (secondary N) is 1. The normalized spacial score (nSPS) is 43.7. The molecule has 1 spiro atoms. The zero-order valence-electron chi connectivity index (χ0n) is 12.0. The lowest BCUT2D eigenvalue weighted by Crippen LogP contribution is -2.45. The van der Waals surface area contributed by atoms with Crippen molar-refractivity contribution in [2.75, 3.05) is 26.9 Å². The van der Waals surface area contributed by atoms with Crippen molar-refractivity contribution in [2.45, 2.75) is 68.8 Å². The average Bonchev–Trinajstić information content (AvgIpc) is 2.88. The fourth-order valence-electron chi connectivity index (χ4n) is 3.72. The molecule has 19 heavy (non-hydrogen) atoms. The Labute approximate surface area is 116 Å². The molecule has 0 amide bonds. The topological polar surface area (TPSA) is 39.7 Å². The van der Waals surface area contributed by atoms with Gasteiger partial charge in [-0.25, -0.2) is 0 Å². The maximum atomic E-state index is 6.35. The van der Waals surface area contributed by atoms with E-state index in [4.69, 9.17) is 14.2 Å². The molecule has 0 radical (unpaired) electrons. The smallest absolute Gasteiger partial charge is 0.0961 e. The van der Waals surface area contributed by atoms with Crippen molar-refractivity contribution in [2.24, 2.45) is 0 Å². The Hall–Kier alpha value is -0.160. The molecule has 4 heteroatoms. The summed E-state index contributed by atoms with van der Waals surface area (Å²) in [6, 6.07) is 0.698. The molecule has 1 aliphatic carbocycles. The molecule has 1 N–H and O–H groups in total. The van der Waals surface area contributed by atoms with Crippen LogP contribution in [0.4, 0.5) is 0 Å². The van der Waals surface area contributed by atoms with Crippen LogP contribution in [-0.2, 0) is 14.2 Å². The Morgan fingerprint density at radius 1 is 1.05 bits per heavy atom. The predicted molar refractivity (Wildman–Crippen MR) is 73.3 cm³/mol. The van der Waals surface area contributed by atoms with E-state index in [0.717, 1.165) is 39.1 Å². The number of hydrogen-bond donors (Lipinski definition) is 1. The summed E-state index contributed by atoms with van der Waals surface area (Å²) < 4.78 is 17.8. The summed E-state index contributed by atoms with van der Waals surface area (Å²) in [5.41, 5.74) is -0.0227. The third kappa shape index (κ3) is 3.30. The first-order valence-corrected chi connectivity index (χ1v) is 7.84. The van der Waals surface area contributed by atoms with Crippen LogP contribution >= 0.6 is 0 Å². The highest BCUT2D eigenvalue weighted by Crippen LogP contribution is 2.35. The van der Waals surface area contributed by atoms with E-state index in [2.05, 4.69) is 12.4 Å². The summed E-state index contributed by atoms with van der Waals surface area (Å²) in [5.74, 6) is 0. The highest BCUT2D eigenvalue weighted by Gasteiger charge is 2.42. The van der Waals surface area contributed by atoms with Crippen molar-refractivity contribution in [1.29, 1.82) is 0 Å². The maximum Gasteiger partial charge on any atom is 0.0961 e. The van der Waals surface area contributed by atoms with Crippen LogP contribution in [0.5, 0.6) is 0 Å². The minimum Gasteiger partial charge on any atom is -0.378 e. The van der Waals surface area contributed by atoms with Gasteiger partial charge in [0.1, 0.15) is 0 Å². The van der Waals surface area contributed by atoms with Crippen molar-refractivity contribution < 1.29 is 14.2 Å². The summed E-state index contributed by atoms with van der Waals surface area (Å²) in [4.78, 5) is 0. The Bertz CT molecular complexity index is 283. The van der Waals surface area contributed by atoms with Gasteiger partial charge in [-0.3, -0.25) is 0 Å². The van der Waals surface area contributed by atoms with Gasteiger partial charge in [0.2, 0.25) is 0 Å². The lowest BCUT2D eigenvalue weighted by molar-refractivity contribution is -0.151. The molecule has 1 saturated carbocycles. The van der Waals surface area contributed by atoms with Gasteiger partial charge in [-0.05, 0) is 39.2 Å². The standard InChI is InChI=1S/C15H27NO3/c1-16-12-2-4-13(5-3-12)19-14-6-8-18-15(10-14)7-9-17-11-15/h12-14,16H,2-11H2,1H3. The maximum absolute atomic E-state index is 6.35. The van der Waals surface area contributed by atoms with E-state index in [1.807, 2.05) is 0 Å². The summed E-state index contributed by atoms with van der Waals surface area (Å²) in [6.45, 7) is 2.44. The Morgan fingerprint density at radius 3 is 2.58 bits per heavy atom. The van der Waals surface area contributed by atoms with Gasteiger partial charge in [0, 0.05) is 32.1 Å². The molecule has 3 fully saturated rings. The molecule has 2 heterocycles. The monoisotopic (exact) mass is 269 g/mol. The van der Waals surface area contributed by atoms with E-state index in [1.54, 1.807) is 0 Å². The van der Waals surface area contributed by atoms with Gasteiger partial charge in [0.05, 0.1) is 24.4 Å². The lowest BCUT2D eigenvalue weighted by Gasteiger charge is -2.39. The molecule has 2 atom stereocenters. The molecule has 3 rings (SSSR count). The summed E-state index contributed by atoms with van der Waals surface area (Å²) >= 11 is 0. The first-order valence-electron chi connectivity index (χ1n) is 7.84. The van der Waals surface area contributed by atoms with E-state index < -0.39 is 0 Å². The average molecular weight is 269 g/mol. The third-order valence-electron chi connectivity index (χ3n) is 4.98. The second-order valence-corrected chi connectivity index (χ2v) is 6.35. The van der Waals surface area contributed by atoms with Crippen LogP contribution in [0.25, 0.3) is 0 Å². The van der Waals surface area contributed by atoms with Crippen molar-refractivity contribution in [3.8, 4) is 0 Å². The first-order chi connectivity index (χ1) is 9.30. The van der Waals surface area contributed by atoms with Gasteiger partial charge in [-0.2, -0.15) is 0 Å².